The van der Waals surface area contributed by atoms with Crippen LogP contribution in [0.25, 0.3) is 0 Å². The molecule has 0 aliphatic carbocycles. The largest absolute Gasteiger partial charge is 0.481 e. The highest BCUT2D eigenvalue weighted by molar-refractivity contribution is 5.75. The van der Waals surface area contributed by atoms with Crippen molar-refractivity contribution in [3.05, 3.63) is 0 Å². The van der Waals surface area contributed by atoms with Crippen LogP contribution in [0.4, 0.5) is 4.79 Å². The van der Waals surface area contributed by atoms with Gasteiger partial charge in [-0.05, 0) is 33.0 Å². The van der Waals surface area contributed by atoms with Gasteiger partial charge in [0.15, 0.2) is 0 Å². The molecule has 0 aromatic rings. The topological polar surface area (TPSA) is 81.7 Å². The quantitative estimate of drug-likeness (QED) is 0.537. The molecule has 0 fully saturated rings. The molecule has 6 heteroatoms. The van der Waals surface area contributed by atoms with Crippen LogP contribution in [0.1, 0.15) is 33.6 Å². The molecule has 18 heavy (non-hydrogen) atoms. The number of nitrogens with zero attached hydrogens (tertiary/aromatic N) is 1. The van der Waals surface area contributed by atoms with Gasteiger partial charge in [0.2, 0.25) is 0 Å². The first-order valence-corrected chi connectivity index (χ1v) is 6.48. The van der Waals surface area contributed by atoms with Crippen LogP contribution in [0.5, 0.6) is 0 Å². The van der Waals surface area contributed by atoms with Crippen molar-refractivity contribution < 1.29 is 14.7 Å². The van der Waals surface area contributed by atoms with E-state index in [4.69, 9.17) is 5.11 Å². The second kappa shape index (κ2) is 9.70. The number of carboxylic acids is 1. The molecule has 0 spiro atoms. The fourth-order valence-corrected chi connectivity index (χ4v) is 1.63. The van der Waals surface area contributed by atoms with Gasteiger partial charge in [-0.3, -0.25) is 4.79 Å². The molecule has 0 aliphatic heterocycles. The number of urea groups is 1. The van der Waals surface area contributed by atoms with Crippen LogP contribution in [0, 0.1) is 0 Å². The minimum Gasteiger partial charge on any atom is -0.481 e. The van der Waals surface area contributed by atoms with E-state index in [0.717, 1.165) is 26.1 Å². The number of carbonyl (C=O) groups is 2. The minimum absolute atomic E-state index is 0.0626. The van der Waals surface area contributed by atoms with Crippen LogP contribution >= 0.6 is 0 Å². The lowest BCUT2D eigenvalue weighted by Crippen LogP contribution is -2.42. The Bertz CT molecular complexity index is 255. The van der Waals surface area contributed by atoms with Crippen molar-refractivity contribution in [3.8, 4) is 0 Å². The van der Waals surface area contributed by atoms with Crippen molar-refractivity contribution in [3.63, 3.8) is 0 Å². The molecule has 0 rings (SSSR count). The van der Waals surface area contributed by atoms with Gasteiger partial charge in [0.05, 0.1) is 6.42 Å². The Hall–Kier alpha value is -1.30. The zero-order chi connectivity index (χ0) is 14.0. The summed E-state index contributed by atoms with van der Waals surface area (Å²) < 4.78 is 0. The van der Waals surface area contributed by atoms with Crippen LogP contribution in [0.2, 0.25) is 0 Å². The van der Waals surface area contributed by atoms with Gasteiger partial charge in [0.1, 0.15) is 0 Å². The molecule has 0 saturated carbocycles. The van der Waals surface area contributed by atoms with Gasteiger partial charge in [0, 0.05) is 12.6 Å². The molecule has 0 bridgehead atoms. The van der Waals surface area contributed by atoms with Crippen molar-refractivity contribution in [2.24, 2.45) is 0 Å². The first kappa shape index (κ1) is 16.7. The second-order valence-corrected chi connectivity index (χ2v) is 4.28. The third-order valence-corrected chi connectivity index (χ3v) is 2.69. The average Bonchev–Trinajstić information content (AvgIpc) is 2.28. The third-order valence-electron chi connectivity index (χ3n) is 2.69. The maximum absolute atomic E-state index is 11.4. The lowest BCUT2D eigenvalue weighted by atomic mass is 10.2. The number of aliphatic carboxylic acids is 1. The Balaban J connectivity index is 3.61. The summed E-state index contributed by atoms with van der Waals surface area (Å²) in [5.41, 5.74) is 0. The number of carbonyl (C=O) groups excluding carboxylic acids is 1. The Morgan fingerprint density at radius 1 is 1.28 bits per heavy atom. The maximum atomic E-state index is 11.4. The fourth-order valence-electron chi connectivity index (χ4n) is 1.63. The zero-order valence-electron chi connectivity index (χ0n) is 11.5. The lowest BCUT2D eigenvalue weighted by molar-refractivity contribution is -0.137. The van der Waals surface area contributed by atoms with E-state index < -0.39 is 5.97 Å². The number of carboxylic acid groups (broad SMARTS) is 1. The third kappa shape index (κ3) is 8.81. The highest BCUT2D eigenvalue weighted by atomic mass is 16.4. The van der Waals surface area contributed by atoms with Gasteiger partial charge in [-0.15, -0.1) is 0 Å². The molecule has 0 aromatic carbocycles. The fraction of sp³-hybridized carbons (Fsp3) is 0.833. The number of rotatable bonds is 9. The minimum atomic E-state index is -0.913. The Kier molecular flexibility index (Phi) is 9.00. The summed E-state index contributed by atoms with van der Waals surface area (Å²) in [4.78, 5) is 24.1. The average molecular weight is 259 g/mol. The van der Waals surface area contributed by atoms with E-state index >= 15 is 0 Å². The molecule has 0 aliphatic rings. The number of amides is 2. The van der Waals surface area contributed by atoms with Crippen molar-refractivity contribution in [1.29, 1.82) is 0 Å². The summed E-state index contributed by atoms with van der Waals surface area (Å²) in [6.07, 6.45) is 0.829. The molecule has 0 aromatic heterocycles. The standard InChI is InChI=1S/C12H25N3O3/c1-4-15(5-2)8-6-7-13-12(18)14-10(3)9-11(16)17/h10H,4-9H2,1-3H3,(H,16,17)(H2,13,14,18). The zero-order valence-corrected chi connectivity index (χ0v) is 11.5. The molecule has 3 N–H and O–H groups in total. The normalized spacial score (nSPS) is 12.2. The van der Waals surface area contributed by atoms with E-state index in [9.17, 15) is 9.59 Å². The van der Waals surface area contributed by atoms with E-state index in [1.54, 1.807) is 6.92 Å². The summed E-state index contributed by atoms with van der Waals surface area (Å²) in [7, 11) is 0. The van der Waals surface area contributed by atoms with Crippen molar-refractivity contribution in [2.75, 3.05) is 26.2 Å². The summed E-state index contributed by atoms with van der Waals surface area (Å²) >= 11 is 0. The molecule has 6 nitrogen and oxygen atoms in total. The molecular weight excluding hydrogens is 234 g/mol. The molecule has 0 heterocycles. The first-order chi connectivity index (χ1) is 8.49. The van der Waals surface area contributed by atoms with Gasteiger partial charge >= 0.3 is 12.0 Å². The first-order valence-electron chi connectivity index (χ1n) is 6.48. The molecule has 0 radical (unpaired) electrons. The summed E-state index contributed by atoms with van der Waals surface area (Å²) in [6.45, 7) is 9.47. The van der Waals surface area contributed by atoms with Crippen LogP contribution in [0.15, 0.2) is 0 Å². The molecular formula is C12H25N3O3. The van der Waals surface area contributed by atoms with Crippen molar-refractivity contribution >= 4 is 12.0 Å². The van der Waals surface area contributed by atoms with Gasteiger partial charge < -0.3 is 20.6 Å². The molecule has 0 saturated heterocycles. The smallest absolute Gasteiger partial charge is 0.315 e. The lowest BCUT2D eigenvalue weighted by Gasteiger charge is -2.18. The molecule has 1 unspecified atom stereocenters. The second-order valence-electron chi connectivity index (χ2n) is 4.28. The van der Waals surface area contributed by atoms with Gasteiger partial charge in [-0.1, -0.05) is 13.8 Å². The summed E-state index contributed by atoms with van der Waals surface area (Å²) in [6, 6.07) is -0.659. The highest BCUT2D eigenvalue weighted by Gasteiger charge is 2.10. The van der Waals surface area contributed by atoms with Gasteiger partial charge in [-0.25, -0.2) is 4.79 Å². The van der Waals surface area contributed by atoms with Crippen molar-refractivity contribution in [1.82, 2.24) is 15.5 Å². The molecule has 2 amide bonds. The van der Waals surface area contributed by atoms with Crippen LogP contribution < -0.4 is 10.6 Å². The van der Waals surface area contributed by atoms with Crippen molar-refractivity contribution in [2.45, 2.75) is 39.7 Å². The van der Waals surface area contributed by atoms with E-state index in [2.05, 4.69) is 29.4 Å². The Morgan fingerprint density at radius 3 is 2.39 bits per heavy atom. The van der Waals surface area contributed by atoms with E-state index in [1.165, 1.54) is 0 Å². The number of nitrogens with one attached hydrogen (secondary N) is 2. The van der Waals surface area contributed by atoms with E-state index in [-0.39, 0.29) is 18.5 Å². The number of hydrogen-bond donors (Lipinski definition) is 3. The summed E-state index contributed by atoms with van der Waals surface area (Å²) in [5, 5.41) is 13.9. The van der Waals surface area contributed by atoms with Crippen LogP contribution in [-0.2, 0) is 4.79 Å². The number of hydrogen-bond acceptors (Lipinski definition) is 3. The Morgan fingerprint density at radius 2 is 1.89 bits per heavy atom. The SMILES string of the molecule is CCN(CC)CCCNC(=O)NC(C)CC(=O)O. The molecule has 1 atom stereocenters. The predicted molar refractivity (Wildman–Crippen MR) is 70.7 cm³/mol. The Labute approximate surface area is 109 Å². The maximum Gasteiger partial charge on any atom is 0.315 e. The van der Waals surface area contributed by atoms with Gasteiger partial charge in [0.25, 0.3) is 0 Å². The van der Waals surface area contributed by atoms with E-state index in [1.807, 2.05) is 0 Å². The molecule has 106 valence electrons. The van der Waals surface area contributed by atoms with Gasteiger partial charge in [-0.2, -0.15) is 0 Å². The predicted octanol–water partition coefficient (Wildman–Crippen LogP) is 0.881. The van der Waals surface area contributed by atoms with Crippen LogP contribution in [0.3, 0.4) is 0 Å². The van der Waals surface area contributed by atoms with Crippen LogP contribution in [-0.4, -0.2) is 54.2 Å². The summed E-state index contributed by atoms with van der Waals surface area (Å²) in [5.74, 6) is -0.913. The monoisotopic (exact) mass is 259 g/mol. The highest BCUT2D eigenvalue weighted by Crippen LogP contribution is 1.91. The van der Waals surface area contributed by atoms with E-state index in [0.29, 0.717) is 6.54 Å².